The van der Waals surface area contributed by atoms with E-state index in [9.17, 15) is 0 Å². The average Bonchev–Trinajstić information content (AvgIpc) is 3.29. The molecule has 10 aromatic rings. The van der Waals surface area contributed by atoms with Crippen molar-refractivity contribution in [1.29, 1.82) is 0 Å². The highest BCUT2D eigenvalue weighted by Crippen LogP contribution is 2.37. The van der Waals surface area contributed by atoms with Crippen molar-refractivity contribution in [2.45, 2.75) is 0 Å². The molecule has 56 heavy (non-hydrogen) atoms. The minimum atomic E-state index is 0.602. The summed E-state index contributed by atoms with van der Waals surface area (Å²) in [5.74, 6) is 1.84. The van der Waals surface area contributed by atoms with Crippen LogP contribution in [0, 0.1) is 0 Å². The number of fused-ring (bicyclic) bond motifs is 3. The molecule has 0 atom stereocenters. The van der Waals surface area contributed by atoms with Gasteiger partial charge in [-0.1, -0.05) is 115 Å². The summed E-state index contributed by atoms with van der Waals surface area (Å²) in [6, 6.07) is 61.6. The molecule has 0 N–H and O–H groups in total. The third kappa shape index (κ3) is 6.48. The molecule has 3 aromatic heterocycles. The normalized spacial score (nSPS) is 11.2. The van der Waals surface area contributed by atoms with Gasteiger partial charge in [0.1, 0.15) is 0 Å². The molecule has 0 saturated carbocycles. The zero-order valence-corrected chi connectivity index (χ0v) is 30.3. The van der Waals surface area contributed by atoms with Crippen LogP contribution >= 0.6 is 0 Å². The Balaban J connectivity index is 1.18. The maximum Gasteiger partial charge on any atom is 0.164 e. The standard InChI is InChI=1S/C51H33N5/c1-2-9-38(10-3-1)49-54-50(43-19-18-37-17-16-36-8-4-5-15-47(36)48(37)33-43)56-51(55-49)46-31-44(41-13-6-11-39(28-41)34-20-24-52-25-21-34)30-45(32-46)42-14-7-12-40(29-42)35-22-26-53-27-23-35/h1-33H. The molecule has 0 saturated heterocycles. The second-order valence-corrected chi connectivity index (χ2v) is 13.8. The smallest absolute Gasteiger partial charge is 0.164 e. The summed E-state index contributed by atoms with van der Waals surface area (Å²) in [6.07, 6.45) is 7.32. The van der Waals surface area contributed by atoms with Gasteiger partial charge in [-0.05, 0) is 127 Å². The number of rotatable bonds is 7. The second kappa shape index (κ2) is 14.3. The lowest BCUT2D eigenvalue weighted by Crippen LogP contribution is -2.00. The van der Waals surface area contributed by atoms with Crippen molar-refractivity contribution in [2.75, 3.05) is 0 Å². The average molecular weight is 716 g/mol. The van der Waals surface area contributed by atoms with E-state index in [0.29, 0.717) is 17.5 Å². The number of benzene rings is 7. The van der Waals surface area contributed by atoms with Crippen molar-refractivity contribution < 1.29 is 0 Å². The van der Waals surface area contributed by atoms with Crippen molar-refractivity contribution in [1.82, 2.24) is 24.9 Å². The van der Waals surface area contributed by atoms with Crippen molar-refractivity contribution in [2.24, 2.45) is 0 Å². The van der Waals surface area contributed by atoms with E-state index >= 15 is 0 Å². The summed E-state index contributed by atoms with van der Waals surface area (Å²) >= 11 is 0. The topological polar surface area (TPSA) is 64.5 Å². The van der Waals surface area contributed by atoms with Crippen LogP contribution in [-0.4, -0.2) is 24.9 Å². The fraction of sp³-hybridized carbons (Fsp3) is 0. The van der Waals surface area contributed by atoms with Crippen molar-refractivity contribution in [3.8, 4) is 78.7 Å². The zero-order chi connectivity index (χ0) is 37.3. The lowest BCUT2D eigenvalue weighted by Gasteiger charge is -2.14. The Morgan fingerprint density at radius 2 is 0.661 bits per heavy atom. The Morgan fingerprint density at radius 3 is 1.27 bits per heavy atom. The van der Waals surface area contributed by atoms with E-state index in [0.717, 1.165) is 66.6 Å². The molecule has 0 amide bonds. The molecule has 0 aliphatic carbocycles. The maximum atomic E-state index is 5.25. The van der Waals surface area contributed by atoms with Crippen LogP contribution in [0.1, 0.15) is 0 Å². The Hall–Kier alpha value is -7.63. The van der Waals surface area contributed by atoms with Crippen LogP contribution < -0.4 is 0 Å². The highest BCUT2D eigenvalue weighted by atomic mass is 15.0. The molecule has 262 valence electrons. The minimum Gasteiger partial charge on any atom is -0.265 e. The molecular weight excluding hydrogens is 683 g/mol. The van der Waals surface area contributed by atoms with Gasteiger partial charge in [0.15, 0.2) is 17.5 Å². The molecule has 0 fully saturated rings. The largest absolute Gasteiger partial charge is 0.265 e. The van der Waals surface area contributed by atoms with Gasteiger partial charge in [0.25, 0.3) is 0 Å². The summed E-state index contributed by atoms with van der Waals surface area (Å²) in [4.78, 5) is 24.0. The molecule has 0 radical (unpaired) electrons. The van der Waals surface area contributed by atoms with Crippen LogP contribution in [0.4, 0.5) is 0 Å². The molecule has 0 aliphatic rings. The summed E-state index contributed by atoms with van der Waals surface area (Å²) in [5.41, 5.74) is 11.5. The van der Waals surface area contributed by atoms with Gasteiger partial charge in [-0.15, -0.1) is 0 Å². The van der Waals surface area contributed by atoms with Crippen LogP contribution in [0.15, 0.2) is 201 Å². The summed E-state index contributed by atoms with van der Waals surface area (Å²) < 4.78 is 0. The molecule has 10 rings (SSSR count). The molecule has 0 spiro atoms. The molecule has 7 aromatic carbocycles. The van der Waals surface area contributed by atoms with Crippen molar-refractivity contribution >= 4 is 21.5 Å². The van der Waals surface area contributed by atoms with Gasteiger partial charge in [-0.25, -0.2) is 15.0 Å². The second-order valence-electron chi connectivity index (χ2n) is 13.8. The number of aromatic nitrogens is 5. The highest BCUT2D eigenvalue weighted by molar-refractivity contribution is 6.08. The van der Waals surface area contributed by atoms with Gasteiger partial charge < -0.3 is 0 Å². The van der Waals surface area contributed by atoms with Crippen molar-refractivity contribution in [3.05, 3.63) is 201 Å². The molecule has 5 nitrogen and oxygen atoms in total. The summed E-state index contributed by atoms with van der Waals surface area (Å²) in [7, 11) is 0. The monoisotopic (exact) mass is 715 g/mol. The van der Waals surface area contributed by atoms with Gasteiger partial charge in [0.2, 0.25) is 0 Å². The zero-order valence-electron chi connectivity index (χ0n) is 30.3. The van der Waals surface area contributed by atoms with E-state index in [4.69, 9.17) is 15.0 Å². The predicted molar refractivity (Wildman–Crippen MR) is 228 cm³/mol. The third-order valence-electron chi connectivity index (χ3n) is 10.3. The van der Waals surface area contributed by atoms with Crippen LogP contribution in [0.25, 0.3) is 100 Å². The lowest BCUT2D eigenvalue weighted by molar-refractivity contribution is 1.07. The van der Waals surface area contributed by atoms with E-state index in [1.807, 2.05) is 79.4 Å². The first-order chi connectivity index (χ1) is 27.7. The van der Waals surface area contributed by atoms with Gasteiger partial charge in [-0.3, -0.25) is 9.97 Å². The number of pyridine rings is 2. The fourth-order valence-electron chi connectivity index (χ4n) is 7.43. The van der Waals surface area contributed by atoms with E-state index in [1.54, 1.807) is 0 Å². The number of hydrogen-bond acceptors (Lipinski definition) is 5. The predicted octanol–water partition coefficient (Wildman–Crippen LogP) is 12.6. The molecule has 0 bridgehead atoms. The Labute approximate surface area is 324 Å². The Bertz CT molecular complexity index is 2920. The Kier molecular flexibility index (Phi) is 8.43. The quantitative estimate of drug-likeness (QED) is 0.154. The van der Waals surface area contributed by atoms with Gasteiger partial charge in [-0.2, -0.15) is 0 Å². The molecular formula is C51H33N5. The first kappa shape index (κ1) is 33.0. The van der Waals surface area contributed by atoms with Gasteiger partial charge in [0, 0.05) is 41.5 Å². The first-order valence-corrected chi connectivity index (χ1v) is 18.6. The maximum absolute atomic E-state index is 5.25. The number of nitrogens with zero attached hydrogens (tertiary/aromatic N) is 5. The van der Waals surface area contributed by atoms with Crippen LogP contribution in [0.2, 0.25) is 0 Å². The molecule has 0 aliphatic heterocycles. The van der Waals surface area contributed by atoms with Crippen LogP contribution in [0.3, 0.4) is 0 Å². The van der Waals surface area contributed by atoms with Gasteiger partial charge in [0.05, 0.1) is 0 Å². The Morgan fingerprint density at radius 1 is 0.232 bits per heavy atom. The van der Waals surface area contributed by atoms with Crippen molar-refractivity contribution in [3.63, 3.8) is 0 Å². The van der Waals surface area contributed by atoms with E-state index in [-0.39, 0.29) is 0 Å². The van der Waals surface area contributed by atoms with E-state index < -0.39 is 0 Å². The summed E-state index contributed by atoms with van der Waals surface area (Å²) in [5, 5.41) is 4.73. The lowest BCUT2D eigenvalue weighted by atomic mass is 9.93. The van der Waals surface area contributed by atoms with E-state index in [2.05, 4.69) is 131 Å². The molecule has 0 unspecified atom stereocenters. The third-order valence-corrected chi connectivity index (χ3v) is 10.3. The number of hydrogen-bond donors (Lipinski definition) is 0. The first-order valence-electron chi connectivity index (χ1n) is 18.6. The van der Waals surface area contributed by atoms with Crippen LogP contribution in [-0.2, 0) is 0 Å². The summed E-state index contributed by atoms with van der Waals surface area (Å²) in [6.45, 7) is 0. The molecule has 5 heteroatoms. The minimum absolute atomic E-state index is 0.602. The SMILES string of the molecule is c1ccc(-c2nc(-c3cc(-c4cccc(-c5ccncc5)c4)cc(-c4cccc(-c5ccncc5)c4)c3)nc(-c3ccc4ccc5ccccc5c4c3)n2)cc1. The van der Waals surface area contributed by atoms with Gasteiger partial charge >= 0.3 is 0 Å². The van der Waals surface area contributed by atoms with Crippen LogP contribution in [0.5, 0.6) is 0 Å². The molecule has 3 heterocycles. The highest BCUT2D eigenvalue weighted by Gasteiger charge is 2.16. The van der Waals surface area contributed by atoms with E-state index in [1.165, 1.54) is 16.2 Å². The fourth-order valence-corrected chi connectivity index (χ4v) is 7.43.